The lowest BCUT2D eigenvalue weighted by Gasteiger charge is -2.13. The minimum absolute atomic E-state index is 0.806. The standard InChI is InChI=1S/C17H23N3/c1-6-7-18-16-10-15(19-14(5)20-16)17-12(3)8-11(2)9-13(17)4/h8-10H,6-7H2,1-5H3,(H,18,19,20). The Kier molecular flexibility index (Phi) is 4.38. The van der Waals surface area contributed by atoms with Crippen LogP contribution in [0.1, 0.15) is 35.9 Å². The lowest BCUT2D eigenvalue weighted by atomic mass is 9.97. The lowest BCUT2D eigenvalue weighted by Crippen LogP contribution is -2.05. The molecule has 3 heteroatoms. The van der Waals surface area contributed by atoms with Crippen LogP contribution in [-0.4, -0.2) is 16.5 Å². The van der Waals surface area contributed by atoms with Gasteiger partial charge in [-0.15, -0.1) is 0 Å². The van der Waals surface area contributed by atoms with E-state index in [0.29, 0.717) is 0 Å². The summed E-state index contributed by atoms with van der Waals surface area (Å²) in [6.45, 7) is 11.4. The number of anilines is 1. The van der Waals surface area contributed by atoms with Crippen molar-refractivity contribution in [2.45, 2.75) is 41.0 Å². The summed E-state index contributed by atoms with van der Waals surface area (Å²) in [7, 11) is 0. The van der Waals surface area contributed by atoms with Gasteiger partial charge in [0.05, 0.1) is 5.69 Å². The lowest BCUT2D eigenvalue weighted by molar-refractivity contribution is 0.955. The Bertz CT molecular complexity index is 595. The molecule has 0 aliphatic rings. The minimum atomic E-state index is 0.806. The topological polar surface area (TPSA) is 37.8 Å². The molecule has 106 valence electrons. The highest BCUT2D eigenvalue weighted by molar-refractivity contribution is 5.70. The van der Waals surface area contributed by atoms with Gasteiger partial charge in [0.1, 0.15) is 11.6 Å². The highest BCUT2D eigenvalue weighted by Gasteiger charge is 2.10. The third kappa shape index (κ3) is 3.16. The Morgan fingerprint density at radius 2 is 1.60 bits per heavy atom. The summed E-state index contributed by atoms with van der Waals surface area (Å²) in [5.74, 6) is 1.72. The number of benzene rings is 1. The van der Waals surface area contributed by atoms with Gasteiger partial charge >= 0.3 is 0 Å². The molecule has 0 fully saturated rings. The van der Waals surface area contributed by atoms with Crippen molar-refractivity contribution in [1.29, 1.82) is 0 Å². The molecule has 0 saturated heterocycles. The van der Waals surface area contributed by atoms with E-state index in [1.165, 1.54) is 22.3 Å². The SMILES string of the molecule is CCCNc1cc(-c2c(C)cc(C)cc2C)nc(C)n1. The fourth-order valence-electron chi connectivity index (χ4n) is 2.62. The van der Waals surface area contributed by atoms with Crippen molar-refractivity contribution in [3.05, 3.63) is 40.7 Å². The summed E-state index contributed by atoms with van der Waals surface area (Å²) < 4.78 is 0. The molecule has 0 bridgehead atoms. The van der Waals surface area contributed by atoms with Crippen LogP contribution in [0.2, 0.25) is 0 Å². The maximum Gasteiger partial charge on any atom is 0.130 e. The quantitative estimate of drug-likeness (QED) is 0.904. The summed E-state index contributed by atoms with van der Waals surface area (Å²) >= 11 is 0. The molecule has 0 atom stereocenters. The summed E-state index contributed by atoms with van der Waals surface area (Å²) in [6.07, 6.45) is 1.08. The Balaban J connectivity index is 2.50. The Morgan fingerprint density at radius 3 is 2.20 bits per heavy atom. The van der Waals surface area contributed by atoms with Gasteiger partial charge in [-0.2, -0.15) is 0 Å². The third-order valence-electron chi connectivity index (χ3n) is 3.33. The molecule has 0 aliphatic carbocycles. The number of aryl methyl sites for hydroxylation is 4. The zero-order chi connectivity index (χ0) is 14.7. The van der Waals surface area contributed by atoms with E-state index in [0.717, 1.165) is 30.3 Å². The molecular formula is C17H23N3. The van der Waals surface area contributed by atoms with Crippen molar-refractivity contribution in [2.24, 2.45) is 0 Å². The first kappa shape index (κ1) is 14.5. The molecule has 2 rings (SSSR count). The van der Waals surface area contributed by atoms with Crippen LogP contribution in [0.15, 0.2) is 18.2 Å². The van der Waals surface area contributed by atoms with Crippen LogP contribution in [0.3, 0.4) is 0 Å². The van der Waals surface area contributed by atoms with Crippen LogP contribution in [-0.2, 0) is 0 Å². The molecule has 1 N–H and O–H groups in total. The van der Waals surface area contributed by atoms with Crippen molar-refractivity contribution in [3.63, 3.8) is 0 Å². The molecule has 0 unspecified atom stereocenters. The molecule has 3 nitrogen and oxygen atoms in total. The van der Waals surface area contributed by atoms with Crippen LogP contribution in [0.25, 0.3) is 11.3 Å². The van der Waals surface area contributed by atoms with Crippen molar-refractivity contribution in [3.8, 4) is 11.3 Å². The molecule has 0 spiro atoms. The summed E-state index contributed by atoms with van der Waals surface area (Å²) in [4.78, 5) is 9.06. The van der Waals surface area contributed by atoms with E-state index >= 15 is 0 Å². The number of hydrogen-bond acceptors (Lipinski definition) is 3. The maximum absolute atomic E-state index is 4.61. The summed E-state index contributed by atoms with van der Waals surface area (Å²) in [5, 5.41) is 3.34. The van der Waals surface area contributed by atoms with E-state index in [9.17, 15) is 0 Å². The zero-order valence-corrected chi connectivity index (χ0v) is 13.0. The maximum atomic E-state index is 4.61. The van der Waals surface area contributed by atoms with Gasteiger partial charge in [-0.25, -0.2) is 9.97 Å². The van der Waals surface area contributed by atoms with E-state index in [2.05, 4.69) is 55.1 Å². The van der Waals surface area contributed by atoms with Crippen LogP contribution in [0.4, 0.5) is 5.82 Å². The third-order valence-corrected chi connectivity index (χ3v) is 3.33. The number of nitrogens with one attached hydrogen (secondary N) is 1. The average molecular weight is 269 g/mol. The molecule has 0 aliphatic heterocycles. The van der Waals surface area contributed by atoms with Gasteiger partial charge in [-0.1, -0.05) is 24.6 Å². The molecule has 20 heavy (non-hydrogen) atoms. The predicted octanol–water partition coefficient (Wildman–Crippen LogP) is 4.20. The molecule has 0 radical (unpaired) electrons. The number of hydrogen-bond donors (Lipinski definition) is 1. The molecular weight excluding hydrogens is 246 g/mol. The van der Waals surface area contributed by atoms with Crippen molar-refractivity contribution >= 4 is 5.82 Å². The molecule has 2 aromatic rings. The highest BCUT2D eigenvalue weighted by atomic mass is 15.0. The predicted molar refractivity (Wildman–Crippen MR) is 85.2 cm³/mol. The second-order valence-electron chi connectivity index (χ2n) is 5.39. The number of aromatic nitrogens is 2. The Hall–Kier alpha value is -1.90. The first-order chi connectivity index (χ1) is 9.51. The monoisotopic (exact) mass is 269 g/mol. The van der Waals surface area contributed by atoms with Crippen molar-refractivity contribution in [2.75, 3.05) is 11.9 Å². The molecule has 1 aromatic heterocycles. The molecule has 0 amide bonds. The van der Waals surface area contributed by atoms with Crippen LogP contribution in [0.5, 0.6) is 0 Å². The van der Waals surface area contributed by atoms with Gasteiger partial charge in [0.15, 0.2) is 0 Å². The molecule has 0 saturated carbocycles. The van der Waals surface area contributed by atoms with Gasteiger partial charge in [-0.05, 0) is 45.2 Å². The van der Waals surface area contributed by atoms with Gasteiger partial charge in [-0.3, -0.25) is 0 Å². The van der Waals surface area contributed by atoms with Crippen molar-refractivity contribution in [1.82, 2.24) is 9.97 Å². The smallest absolute Gasteiger partial charge is 0.130 e. The van der Waals surface area contributed by atoms with Gasteiger partial charge in [0.2, 0.25) is 0 Å². The Morgan fingerprint density at radius 1 is 0.950 bits per heavy atom. The fourth-order valence-corrected chi connectivity index (χ4v) is 2.62. The van der Waals surface area contributed by atoms with E-state index < -0.39 is 0 Å². The van der Waals surface area contributed by atoms with Crippen LogP contribution < -0.4 is 5.32 Å². The van der Waals surface area contributed by atoms with Gasteiger partial charge < -0.3 is 5.32 Å². The largest absolute Gasteiger partial charge is 0.370 e. The van der Waals surface area contributed by atoms with E-state index in [-0.39, 0.29) is 0 Å². The first-order valence-electron chi connectivity index (χ1n) is 7.19. The van der Waals surface area contributed by atoms with Crippen LogP contribution in [0, 0.1) is 27.7 Å². The highest BCUT2D eigenvalue weighted by Crippen LogP contribution is 2.28. The van der Waals surface area contributed by atoms with E-state index in [1.807, 2.05) is 13.0 Å². The first-order valence-corrected chi connectivity index (χ1v) is 7.19. The van der Waals surface area contributed by atoms with Gasteiger partial charge in [0, 0.05) is 18.2 Å². The Labute approximate surface area is 121 Å². The number of rotatable bonds is 4. The fraction of sp³-hybridized carbons (Fsp3) is 0.412. The normalized spacial score (nSPS) is 10.7. The van der Waals surface area contributed by atoms with Crippen molar-refractivity contribution < 1.29 is 0 Å². The number of nitrogens with zero attached hydrogens (tertiary/aromatic N) is 2. The second kappa shape index (κ2) is 6.04. The van der Waals surface area contributed by atoms with Crippen LogP contribution >= 0.6 is 0 Å². The van der Waals surface area contributed by atoms with E-state index in [1.54, 1.807) is 0 Å². The second-order valence-corrected chi connectivity index (χ2v) is 5.39. The summed E-state index contributed by atoms with van der Waals surface area (Å²) in [6, 6.07) is 6.46. The van der Waals surface area contributed by atoms with E-state index in [4.69, 9.17) is 0 Å². The molecule has 1 heterocycles. The zero-order valence-electron chi connectivity index (χ0n) is 13.0. The van der Waals surface area contributed by atoms with Gasteiger partial charge in [0.25, 0.3) is 0 Å². The average Bonchev–Trinajstić information content (AvgIpc) is 2.34. The summed E-state index contributed by atoms with van der Waals surface area (Å²) in [5.41, 5.74) is 6.05. The molecule has 1 aromatic carbocycles. The minimum Gasteiger partial charge on any atom is -0.370 e.